The summed E-state index contributed by atoms with van der Waals surface area (Å²) in [5.74, 6) is 0.612. The zero-order valence-corrected chi connectivity index (χ0v) is 13.4. The molecule has 0 aliphatic heterocycles. The van der Waals surface area contributed by atoms with E-state index in [1.54, 1.807) is 12.3 Å². The lowest BCUT2D eigenvalue weighted by Gasteiger charge is -2.43. The van der Waals surface area contributed by atoms with Gasteiger partial charge in [-0.05, 0) is 43.0 Å². The van der Waals surface area contributed by atoms with Crippen LogP contribution in [-0.2, 0) is 18.3 Å². The Labute approximate surface area is 142 Å². The first-order valence-corrected chi connectivity index (χ1v) is 8.18. The van der Waals surface area contributed by atoms with E-state index >= 15 is 0 Å². The second kappa shape index (κ2) is 5.84. The highest BCUT2D eigenvalue weighted by atomic mass is 19.4. The largest absolute Gasteiger partial charge is 0.416 e. The van der Waals surface area contributed by atoms with Crippen molar-refractivity contribution in [2.24, 2.45) is 0 Å². The quantitative estimate of drug-likeness (QED) is 0.779. The number of hydrogen-bond donors (Lipinski definition) is 1. The summed E-state index contributed by atoms with van der Waals surface area (Å²) in [6.07, 6.45) is 3.73. The van der Waals surface area contributed by atoms with E-state index in [2.05, 4.69) is 15.3 Å². The topological polar surface area (TPSA) is 42.2 Å². The molecule has 2 heterocycles. The molecule has 7 heteroatoms. The molecule has 130 valence electrons. The smallest absolute Gasteiger partial charge is 0.302 e. The second-order valence-electron chi connectivity index (χ2n) is 6.43. The predicted molar refractivity (Wildman–Crippen MR) is 86.8 cm³/mol. The van der Waals surface area contributed by atoms with Crippen LogP contribution in [-0.4, -0.2) is 14.4 Å². The van der Waals surface area contributed by atoms with Gasteiger partial charge in [-0.3, -0.25) is 4.40 Å². The van der Waals surface area contributed by atoms with E-state index < -0.39 is 17.3 Å². The van der Waals surface area contributed by atoms with Gasteiger partial charge in [0.25, 0.3) is 0 Å². The lowest BCUT2D eigenvalue weighted by molar-refractivity contribution is -0.137. The Kier molecular flexibility index (Phi) is 3.76. The Morgan fingerprint density at radius 2 is 2.04 bits per heavy atom. The Bertz CT molecular complexity index is 863. The monoisotopic (exact) mass is 346 g/mol. The molecular formula is C18H17F3N4. The minimum absolute atomic E-state index is 0.412. The Balaban J connectivity index is 1.57. The average molecular weight is 346 g/mol. The van der Waals surface area contributed by atoms with Crippen LogP contribution in [0.5, 0.6) is 0 Å². The number of aromatic nitrogens is 3. The van der Waals surface area contributed by atoms with E-state index in [0.717, 1.165) is 31.0 Å². The number of rotatable bonds is 4. The number of benzene rings is 1. The van der Waals surface area contributed by atoms with E-state index in [1.807, 2.05) is 22.9 Å². The molecule has 4 nitrogen and oxygen atoms in total. The fourth-order valence-electron chi connectivity index (χ4n) is 3.32. The molecular weight excluding hydrogens is 329 g/mol. The number of imidazole rings is 1. The summed E-state index contributed by atoms with van der Waals surface area (Å²) >= 11 is 0. The van der Waals surface area contributed by atoms with Crippen LogP contribution in [0, 0.1) is 0 Å². The molecule has 1 aliphatic rings. The van der Waals surface area contributed by atoms with Crippen molar-refractivity contribution in [3.8, 4) is 0 Å². The Hall–Kier alpha value is -2.41. The lowest BCUT2D eigenvalue weighted by atomic mass is 9.71. The number of halogens is 3. The average Bonchev–Trinajstić information content (AvgIpc) is 2.96. The number of fused-ring (bicyclic) bond motifs is 1. The highest BCUT2D eigenvalue weighted by Crippen LogP contribution is 2.43. The van der Waals surface area contributed by atoms with Gasteiger partial charge in [0.2, 0.25) is 5.78 Å². The van der Waals surface area contributed by atoms with E-state index in [9.17, 15) is 13.2 Å². The van der Waals surface area contributed by atoms with Gasteiger partial charge in [-0.25, -0.2) is 9.97 Å². The summed E-state index contributed by atoms with van der Waals surface area (Å²) in [6, 6.07) is 7.45. The highest BCUT2D eigenvalue weighted by Gasteiger charge is 2.40. The molecule has 1 N–H and O–H groups in total. The second-order valence-corrected chi connectivity index (χ2v) is 6.43. The van der Waals surface area contributed by atoms with Crippen molar-refractivity contribution in [2.45, 2.75) is 37.5 Å². The zero-order valence-electron chi connectivity index (χ0n) is 13.4. The number of alkyl halides is 3. The third kappa shape index (κ3) is 3.00. The fraction of sp³-hybridized carbons (Fsp3) is 0.333. The summed E-state index contributed by atoms with van der Waals surface area (Å²) in [4.78, 5) is 8.61. The van der Waals surface area contributed by atoms with Gasteiger partial charge in [-0.2, -0.15) is 13.2 Å². The first-order chi connectivity index (χ1) is 12.0. The highest BCUT2D eigenvalue weighted by molar-refractivity contribution is 5.34. The van der Waals surface area contributed by atoms with Crippen LogP contribution < -0.4 is 5.32 Å². The van der Waals surface area contributed by atoms with Crippen LogP contribution in [0.15, 0.2) is 48.9 Å². The maximum atomic E-state index is 13.0. The van der Waals surface area contributed by atoms with Gasteiger partial charge in [0.1, 0.15) is 0 Å². The minimum atomic E-state index is -4.33. The van der Waals surface area contributed by atoms with Crippen molar-refractivity contribution >= 4 is 5.78 Å². The van der Waals surface area contributed by atoms with Crippen LogP contribution >= 0.6 is 0 Å². The third-order valence-electron chi connectivity index (χ3n) is 4.84. The molecule has 1 saturated carbocycles. The van der Waals surface area contributed by atoms with Crippen LogP contribution in [0.2, 0.25) is 0 Å². The fourth-order valence-corrected chi connectivity index (χ4v) is 3.32. The van der Waals surface area contributed by atoms with E-state index in [-0.39, 0.29) is 0 Å². The lowest BCUT2D eigenvalue weighted by Crippen LogP contribution is -2.47. The van der Waals surface area contributed by atoms with E-state index in [4.69, 9.17) is 0 Å². The van der Waals surface area contributed by atoms with Gasteiger partial charge in [-0.1, -0.05) is 12.1 Å². The van der Waals surface area contributed by atoms with Crippen molar-refractivity contribution in [1.82, 2.24) is 19.7 Å². The molecule has 0 saturated heterocycles. The van der Waals surface area contributed by atoms with Crippen molar-refractivity contribution in [2.75, 3.05) is 0 Å². The first kappa shape index (κ1) is 16.1. The molecule has 0 spiro atoms. The van der Waals surface area contributed by atoms with Gasteiger partial charge in [0.15, 0.2) is 0 Å². The minimum Gasteiger partial charge on any atom is -0.302 e. The van der Waals surface area contributed by atoms with E-state index in [0.29, 0.717) is 17.9 Å². The summed E-state index contributed by atoms with van der Waals surface area (Å²) in [5.41, 5.74) is 0.493. The summed E-state index contributed by atoms with van der Waals surface area (Å²) < 4.78 is 40.8. The molecule has 4 rings (SSSR count). The number of hydrogen-bond acceptors (Lipinski definition) is 3. The van der Waals surface area contributed by atoms with Crippen molar-refractivity contribution in [1.29, 1.82) is 0 Å². The molecule has 1 aliphatic carbocycles. The normalized spacial score (nSPS) is 16.8. The van der Waals surface area contributed by atoms with Crippen LogP contribution in [0.1, 0.15) is 36.1 Å². The molecule has 25 heavy (non-hydrogen) atoms. The molecule has 0 atom stereocenters. The van der Waals surface area contributed by atoms with Crippen LogP contribution in [0.25, 0.3) is 5.78 Å². The van der Waals surface area contributed by atoms with Gasteiger partial charge in [-0.15, -0.1) is 0 Å². The molecule has 0 amide bonds. The molecule has 1 fully saturated rings. The van der Waals surface area contributed by atoms with Gasteiger partial charge in [0, 0.05) is 30.7 Å². The number of nitrogens with one attached hydrogen (secondary N) is 1. The standard InChI is InChI=1S/C18H17F3N4/c19-18(20,21)14-5-1-4-13(10-14)17(6-2-7-17)23-11-15-12-25-9-3-8-22-16(25)24-15/h1,3-5,8-10,12,23H,2,6-7,11H2. The first-order valence-electron chi connectivity index (χ1n) is 8.18. The van der Waals surface area contributed by atoms with E-state index in [1.165, 1.54) is 12.1 Å². The molecule has 0 bridgehead atoms. The van der Waals surface area contributed by atoms with Crippen molar-refractivity contribution in [3.63, 3.8) is 0 Å². The van der Waals surface area contributed by atoms with Crippen LogP contribution in [0.3, 0.4) is 0 Å². The molecule has 3 aromatic rings. The zero-order chi connectivity index (χ0) is 17.5. The predicted octanol–water partition coefficient (Wildman–Crippen LogP) is 3.92. The molecule has 0 unspecified atom stereocenters. The SMILES string of the molecule is FC(F)(F)c1cccc(C2(NCc3cn4cccnc4n3)CCC2)c1. The molecule has 1 aromatic carbocycles. The summed E-state index contributed by atoms with van der Waals surface area (Å²) in [6.45, 7) is 0.486. The van der Waals surface area contributed by atoms with Crippen molar-refractivity contribution in [3.05, 3.63) is 65.7 Å². The molecule has 0 radical (unpaired) electrons. The van der Waals surface area contributed by atoms with Crippen LogP contribution in [0.4, 0.5) is 13.2 Å². The van der Waals surface area contributed by atoms with Gasteiger partial charge >= 0.3 is 6.18 Å². The van der Waals surface area contributed by atoms with Gasteiger partial charge in [0.05, 0.1) is 11.3 Å². The Morgan fingerprint density at radius 3 is 2.72 bits per heavy atom. The number of nitrogens with zero attached hydrogens (tertiary/aromatic N) is 3. The third-order valence-corrected chi connectivity index (χ3v) is 4.84. The summed E-state index contributed by atoms with van der Waals surface area (Å²) in [7, 11) is 0. The summed E-state index contributed by atoms with van der Waals surface area (Å²) in [5, 5.41) is 3.43. The Morgan fingerprint density at radius 1 is 1.20 bits per heavy atom. The van der Waals surface area contributed by atoms with Crippen molar-refractivity contribution < 1.29 is 13.2 Å². The maximum Gasteiger partial charge on any atom is 0.416 e. The molecule has 2 aromatic heterocycles. The van der Waals surface area contributed by atoms with Gasteiger partial charge < -0.3 is 5.32 Å². The maximum absolute atomic E-state index is 13.0.